The Kier molecular flexibility index (Phi) is 9.36. The summed E-state index contributed by atoms with van der Waals surface area (Å²) in [4.78, 5) is 40.0. The van der Waals surface area contributed by atoms with Crippen LogP contribution in [0.15, 0.2) is 56.6 Å². The fraction of sp³-hybridized carbons (Fsp3) is 0.348. The highest BCUT2D eigenvalue weighted by Crippen LogP contribution is 2.34. The van der Waals surface area contributed by atoms with E-state index in [1.165, 1.54) is 17.4 Å². The van der Waals surface area contributed by atoms with Crippen LogP contribution in [-0.4, -0.2) is 50.5 Å². The van der Waals surface area contributed by atoms with E-state index in [9.17, 15) is 22.8 Å². The van der Waals surface area contributed by atoms with Gasteiger partial charge in [0, 0.05) is 29.3 Å². The molecule has 2 aromatic heterocycles. The van der Waals surface area contributed by atoms with E-state index in [0.29, 0.717) is 17.8 Å². The molecule has 1 amide bonds. The third kappa shape index (κ3) is 6.37. The van der Waals surface area contributed by atoms with E-state index in [2.05, 4.69) is 52.1 Å². The van der Waals surface area contributed by atoms with Crippen LogP contribution in [0.5, 0.6) is 0 Å². The van der Waals surface area contributed by atoms with Gasteiger partial charge < -0.3 is 10.2 Å². The number of halogens is 5. The van der Waals surface area contributed by atoms with Crippen LogP contribution in [0.3, 0.4) is 0 Å². The molecule has 192 valence electrons. The van der Waals surface area contributed by atoms with Crippen molar-refractivity contribution < 1.29 is 18.0 Å². The maximum atomic E-state index is 13.8. The summed E-state index contributed by atoms with van der Waals surface area (Å²) in [5.74, 6) is -0.581. The van der Waals surface area contributed by atoms with Crippen molar-refractivity contribution in [2.45, 2.75) is 32.1 Å². The average molecular weight is 632 g/mol. The minimum atomic E-state index is -4.88. The number of carbonyl (C=O) groups excluding carboxylic acids is 1. The molecule has 1 aromatic carbocycles. The second-order valence-electron chi connectivity index (χ2n) is 7.76. The lowest BCUT2D eigenvalue weighted by atomic mass is 10.1. The van der Waals surface area contributed by atoms with Gasteiger partial charge in [-0.2, -0.15) is 13.2 Å². The SMILES string of the molecule is CCC(c1nc(C(F)(F)F)c(Br)c(=O)n1Cc1ccncn1)N(CCNC)C(=O)c1ccc(Br)cc1. The van der Waals surface area contributed by atoms with E-state index >= 15 is 0 Å². The van der Waals surface area contributed by atoms with Crippen LogP contribution in [-0.2, 0) is 12.7 Å². The van der Waals surface area contributed by atoms with Gasteiger partial charge in [-0.3, -0.25) is 14.2 Å². The fourth-order valence-corrected chi connectivity index (χ4v) is 4.44. The minimum Gasteiger partial charge on any atom is -0.327 e. The third-order valence-electron chi connectivity index (χ3n) is 5.39. The van der Waals surface area contributed by atoms with E-state index in [-0.39, 0.29) is 25.3 Å². The number of hydrogen-bond donors (Lipinski definition) is 1. The average Bonchev–Trinajstić information content (AvgIpc) is 2.85. The zero-order chi connectivity index (χ0) is 26.5. The van der Waals surface area contributed by atoms with Gasteiger partial charge in [-0.15, -0.1) is 0 Å². The van der Waals surface area contributed by atoms with Gasteiger partial charge in [0.2, 0.25) is 0 Å². The Labute approximate surface area is 222 Å². The molecule has 0 fully saturated rings. The number of nitrogens with zero attached hydrogens (tertiary/aromatic N) is 5. The number of amides is 1. The number of nitrogens with one attached hydrogen (secondary N) is 1. The van der Waals surface area contributed by atoms with Crippen molar-refractivity contribution in [3.8, 4) is 0 Å². The van der Waals surface area contributed by atoms with Crippen LogP contribution in [0.25, 0.3) is 0 Å². The molecule has 3 rings (SSSR count). The summed E-state index contributed by atoms with van der Waals surface area (Å²) in [7, 11) is 1.70. The van der Waals surface area contributed by atoms with Gasteiger partial charge in [-0.1, -0.05) is 22.9 Å². The quantitative estimate of drug-likeness (QED) is 0.376. The third-order valence-corrected chi connectivity index (χ3v) is 6.63. The molecule has 0 aliphatic heterocycles. The summed E-state index contributed by atoms with van der Waals surface area (Å²) >= 11 is 6.12. The number of likely N-dealkylation sites (N-methyl/N-ethyl adjacent to an activating group) is 1. The molecular formula is C23H23Br2F3N6O2. The van der Waals surface area contributed by atoms with Gasteiger partial charge in [0.05, 0.1) is 18.3 Å². The van der Waals surface area contributed by atoms with Gasteiger partial charge >= 0.3 is 6.18 Å². The van der Waals surface area contributed by atoms with Crippen molar-refractivity contribution in [3.63, 3.8) is 0 Å². The Bertz CT molecular complexity index is 1250. The molecule has 1 N–H and O–H groups in total. The van der Waals surface area contributed by atoms with Gasteiger partial charge in [-0.25, -0.2) is 15.0 Å². The second kappa shape index (κ2) is 12.1. The zero-order valence-electron chi connectivity index (χ0n) is 19.4. The molecular weight excluding hydrogens is 609 g/mol. The topological polar surface area (TPSA) is 93.0 Å². The van der Waals surface area contributed by atoms with Crippen LogP contribution < -0.4 is 10.9 Å². The molecule has 0 aliphatic rings. The molecule has 0 spiro atoms. The molecule has 8 nitrogen and oxygen atoms in total. The largest absolute Gasteiger partial charge is 0.434 e. The Morgan fingerprint density at radius 2 is 1.89 bits per heavy atom. The number of benzene rings is 1. The standard InChI is InChI=1S/C23H23Br2F3N6O2/c1-3-17(33(11-10-29-2)21(35)14-4-6-15(24)7-5-14)20-32-19(23(26,27)28)18(25)22(36)34(20)12-16-8-9-30-13-31-16/h4-9,13,17,29H,3,10-12H2,1-2H3. The summed E-state index contributed by atoms with van der Waals surface area (Å²) in [6, 6.07) is 7.27. The Morgan fingerprint density at radius 3 is 2.44 bits per heavy atom. The van der Waals surface area contributed by atoms with Crippen molar-refractivity contribution in [3.05, 3.63) is 84.9 Å². The Hall–Kier alpha value is -2.64. The Morgan fingerprint density at radius 1 is 1.19 bits per heavy atom. The summed E-state index contributed by atoms with van der Waals surface area (Å²) in [5, 5.41) is 2.96. The van der Waals surface area contributed by atoms with E-state index in [1.807, 2.05) is 0 Å². The summed E-state index contributed by atoms with van der Waals surface area (Å²) in [6.45, 7) is 2.12. The highest BCUT2D eigenvalue weighted by Gasteiger charge is 2.39. The first-order valence-corrected chi connectivity index (χ1v) is 12.5. The first-order valence-electron chi connectivity index (χ1n) is 10.9. The van der Waals surface area contributed by atoms with Crippen molar-refractivity contribution in [1.82, 2.24) is 29.7 Å². The van der Waals surface area contributed by atoms with Gasteiger partial charge in [-0.05, 0) is 59.7 Å². The van der Waals surface area contributed by atoms with Crippen LogP contribution >= 0.6 is 31.9 Å². The number of aromatic nitrogens is 4. The first-order chi connectivity index (χ1) is 17.1. The number of carbonyl (C=O) groups is 1. The Balaban J connectivity index is 2.22. The van der Waals surface area contributed by atoms with Crippen molar-refractivity contribution in [1.29, 1.82) is 0 Å². The van der Waals surface area contributed by atoms with Gasteiger partial charge in [0.25, 0.3) is 11.5 Å². The molecule has 2 heterocycles. The van der Waals surface area contributed by atoms with Crippen LogP contribution in [0, 0.1) is 0 Å². The second-order valence-corrected chi connectivity index (χ2v) is 9.46. The lowest BCUT2D eigenvalue weighted by Crippen LogP contribution is -2.42. The smallest absolute Gasteiger partial charge is 0.327 e. The molecule has 1 unspecified atom stereocenters. The van der Waals surface area contributed by atoms with Gasteiger partial charge in [0.1, 0.15) is 16.6 Å². The predicted octanol–water partition coefficient (Wildman–Crippen LogP) is 4.44. The highest BCUT2D eigenvalue weighted by atomic mass is 79.9. The first kappa shape index (κ1) is 27.9. The molecule has 0 radical (unpaired) electrons. The molecule has 13 heteroatoms. The van der Waals surface area contributed by atoms with E-state index in [1.54, 1.807) is 44.3 Å². The lowest BCUT2D eigenvalue weighted by Gasteiger charge is -2.33. The maximum absolute atomic E-state index is 13.8. The van der Waals surface area contributed by atoms with Crippen molar-refractivity contribution >= 4 is 37.8 Å². The summed E-state index contributed by atoms with van der Waals surface area (Å²) in [6.07, 6.45) is -1.93. The molecule has 36 heavy (non-hydrogen) atoms. The lowest BCUT2D eigenvalue weighted by molar-refractivity contribution is -0.142. The number of alkyl halides is 3. The molecule has 0 aliphatic carbocycles. The van der Waals surface area contributed by atoms with E-state index in [0.717, 1.165) is 9.04 Å². The predicted molar refractivity (Wildman–Crippen MR) is 134 cm³/mol. The minimum absolute atomic E-state index is 0.150. The fourth-order valence-electron chi connectivity index (χ4n) is 3.65. The molecule has 1 atom stereocenters. The van der Waals surface area contributed by atoms with Crippen molar-refractivity contribution in [2.75, 3.05) is 20.1 Å². The molecule has 3 aromatic rings. The maximum Gasteiger partial charge on any atom is 0.434 e. The monoisotopic (exact) mass is 630 g/mol. The van der Waals surface area contributed by atoms with Gasteiger partial charge in [0.15, 0.2) is 5.69 Å². The summed E-state index contributed by atoms with van der Waals surface area (Å²) in [5.41, 5.74) is -1.51. The molecule has 0 saturated carbocycles. The highest BCUT2D eigenvalue weighted by molar-refractivity contribution is 9.10. The molecule has 0 saturated heterocycles. The number of rotatable bonds is 9. The van der Waals surface area contributed by atoms with E-state index in [4.69, 9.17) is 0 Å². The zero-order valence-corrected chi connectivity index (χ0v) is 22.6. The molecule has 0 bridgehead atoms. The van der Waals surface area contributed by atoms with E-state index < -0.39 is 33.9 Å². The van der Waals surface area contributed by atoms with Crippen LogP contribution in [0.1, 0.15) is 47.0 Å². The normalized spacial score (nSPS) is 12.4. The number of hydrogen-bond acceptors (Lipinski definition) is 6. The van der Waals surface area contributed by atoms with Crippen LogP contribution in [0.2, 0.25) is 0 Å². The van der Waals surface area contributed by atoms with Crippen LogP contribution in [0.4, 0.5) is 13.2 Å². The summed E-state index contributed by atoms with van der Waals surface area (Å²) < 4.78 is 42.7. The van der Waals surface area contributed by atoms with Crippen molar-refractivity contribution in [2.24, 2.45) is 0 Å².